The van der Waals surface area contributed by atoms with E-state index >= 15 is 0 Å². The number of hydrogen-bond acceptors (Lipinski definition) is 8. The summed E-state index contributed by atoms with van der Waals surface area (Å²) in [6.07, 6.45) is -4.01. The number of alkyl halides is 3. The second-order valence-corrected chi connectivity index (χ2v) is 9.40. The maximum Gasteiger partial charge on any atom is 0.490 e. The monoisotopic (exact) mass is 541 g/mol. The van der Waals surface area contributed by atoms with E-state index in [9.17, 15) is 31.2 Å². The predicted molar refractivity (Wildman–Crippen MR) is 126 cm³/mol. The molecule has 204 valence electrons. The Morgan fingerprint density at radius 1 is 1.22 bits per heavy atom. The van der Waals surface area contributed by atoms with Crippen molar-refractivity contribution in [3.05, 3.63) is 23.8 Å². The number of piperazine rings is 1. The molecule has 36 heavy (non-hydrogen) atoms. The summed E-state index contributed by atoms with van der Waals surface area (Å²) in [7, 11) is -0.470. The normalized spacial score (nSPS) is 13.8. The van der Waals surface area contributed by atoms with Crippen molar-refractivity contribution in [1.82, 2.24) is 15.5 Å². The number of likely N-dealkylation sites (N-methyl/N-ethyl adjacent to an activating group) is 1. The molecule has 12 nitrogen and oxygen atoms in total. The average molecular weight is 542 g/mol. The van der Waals surface area contributed by atoms with Crippen LogP contribution in [0.15, 0.2) is 18.2 Å². The molecule has 0 spiro atoms. The van der Waals surface area contributed by atoms with Gasteiger partial charge in [0.1, 0.15) is 0 Å². The SMILES string of the molecule is COCCNC(=O)CN(C)C(=O)c1ccc(N2CCNCC2)c(NS(C)(=O)=O)c1.O=C(O)C(F)(F)F. The Morgan fingerprint density at radius 2 is 1.81 bits per heavy atom. The Labute approximate surface area is 206 Å². The van der Waals surface area contributed by atoms with E-state index in [1.165, 1.54) is 25.1 Å². The number of carbonyl (C=O) groups excluding carboxylic acids is 2. The quantitative estimate of drug-likeness (QED) is 0.314. The molecule has 1 aromatic rings. The number of benzene rings is 1. The van der Waals surface area contributed by atoms with Crippen LogP contribution in [0, 0.1) is 0 Å². The van der Waals surface area contributed by atoms with Gasteiger partial charge >= 0.3 is 12.1 Å². The second kappa shape index (κ2) is 13.8. The number of methoxy groups -OCH3 is 1. The van der Waals surface area contributed by atoms with Crippen LogP contribution in [0.3, 0.4) is 0 Å². The van der Waals surface area contributed by atoms with Gasteiger partial charge in [0.15, 0.2) is 0 Å². The highest BCUT2D eigenvalue weighted by Gasteiger charge is 2.38. The Kier molecular flexibility index (Phi) is 11.9. The fraction of sp³-hybridized carbons (Fsp3) is 0.550. The van der Waals surface area contributed by atoms with E-state index < -0.39 is 22.2 Å². The number of hydrogen-bond donors (Lipinski definition) is 4. The number of nitrogens with one attached hydrogen (secondary N) is 3. The molecule has 2 rings (SSSR count). The largest absolute Gasteiger partial charge is 0.490 e. The second-order valence-electron chi connectivity index (χ2n) is 7.65. The van der Waals surface area contributed by atoms with Crippen molar-refractivity contribution in [3.63, 3.8) is 0 Å². The highest BCUT2D eigenvalue weighted by atomic mass is 32.2. The number of anilines is 2. The number of carboxylic acid groups (broad SMARTS) is 1. The molecule has 1 heterocycles. The fourth-order valence-corrected chi connectivity index (χ4v) is 3.55. The molecule has 1 aliphatic heterocycles. The first-order valence-corrected chi connectivity index (χ1v) is 12.4. The number of carboxylic acids is 1. The van der Waals surface area contributed by atoms with Crippen LogP contribution < -0.4 is 20.3 Å². The highest BCUT2D eigenvalue weighted by molar-refractivity contribution is 7.92. The molecule has 0 aromatic heterocycles. The Bertz CT molecular complexity index is 1020. The molecule has 0 bridgehead atoms. The van der Waals surface area contributed by atoms with E-state index in [0.717, 1.165) is 32.4 Å². The van der Waals surface area contributed by atoms with Gasteiger partial charge in [-0.05, 0) is 18.2 Å². The molecular formula is C20H30F3N5O7S. The number of halogens is 3. The lowest BCUT2D eigenvalue weighted by molar-refractivity contribution is -0.192. The van der Waals surface area contributed by atoms with Crippen LogP contribution in [0.1, 0.15) is 10.4 Å². The van der Waals surface area contributed by atoms with Crippen molar-refractivity contribution >= 4 is 39.2 Å². The summed E-state index contributed by atoms with van der Waals surface area (Å²) >= 11 is 0. The van der Waals surface area contributed by atoms with Gasteiger partial charge in [-0.25, -0.2) is 13.2 Å². The van der Waals surface area contributed by atoms with E-state index in [0.29, 0.717) is 30.1 Å². The summed E-state index contributed by atoms with van der Waals surface area (Å²) in [6.45, 7) is 3.67. The lowest BCUT2D eigenvalue weighted by atomic mass is 10.1. The number of ether oxygens (including phenoxy) is 1. The summed E-state index contributed by atoms with van der Waals surface area (Å²) in [5, 5.41) is 13.0. The predicted octanol–water partition coefficient (Wildman–Crippen LogP) is -0.0644. The molecule has 0 aliphatic carbocycles. The third-order valence-corrected chi connectivity index (χ3v) is 5.19. The van der Waals surface area contributed by atoms with Crippen LogP contribution in [0.5, 0.6) is 0 Å². The van der Waals surface area contributed by atoms with Gasteiger partial charge in [0.25, 0.3) is 5.91 Å². The smallest absolute Gasteiger partial charge is 0.475 e. The Balaban J connectivity index is 0.000000809. The van der Waals surface area contributed by atoms with Crippen LogP contribution in [0.25, 0.3) is 0 Å². The lowest BCUT2D eigenvalue weighted by Crippen LogP contribution is -2.44. The standard InChI is InChI=1S/C18H29N5O5S.C2HF3O2/c1-22(13-17(24)20-8-11-28-2)18(25)14-4-5-16(23-9-6-19-7-10-23)15(12-14)21-29(3,26)27;3-2(4,5)1(6)7/h4-5,12,19,21H,6-11,13H2,1-3H3,(H,20,24);(H,6,7). The van der Waals surface area contributed by atoms with Crippen LogP contribution >= 0.6 is 0 Å². The average Bonchev–Trinajstić information content (AvgIpc) is 2.78. The molecule has 4 N–H and O–H groups in total. The van der Waals surface area contributed by atoms with Crippen molar-refractivity contribution in [2.75, 3.05) is 75.9 Å². The van der Waals surface area contributed by atoms with Crippen molar-refractivity contribution in [1.29, 1.82) is 0 Å². The summed E-state index contributed by atoms with van der Waals surface area (Å²) in [5.74, 6) is -3.44. The number of amides is 2. The van der Waals surface area contributed by atoms with E-state index in [-0.39, 0.29) is 18.4 Å². The third-order valence-electron chi connectivity index (χ3n) is 4.59. The minimum absolute atomic E-state index is 0.114. The Hall–Kier alpha value is -3.11. The molecule has 0 saturated carbocycles. The first-order valence-electron chi connectivity index (χ1n) is 10.5. The van der Waals surface area contributed by atoms with Crippen LogP contribution in [-0.2, 0) is 24.3 Å². The molecule has 1 aromatic carbocycles. The summed E-state index contributed by atoms with van der Waals surface area (Å²) < 4.78 is 62.7. The zero-order chi connectivity index (χ0) is 27.5. The van der Waals surface area contributed by atoms with Crippen LogP contribution in [0.4, 0.5) is 24.5 Å². The van der Waals surface area contributed by atoms with Crippen molar-refractivity contribution < 1.29 is 45.8 Å². The molecule has 0 atom stereocenters. The van der Waals surface area contributed by atoms with Crippen LogP contribution in [-0.4, -0.2) is 109 Å². The minimum atomic E-state index is -5.08. The van der Waals surface area contributed by atoms with E-state index in [1.54, 1.807) is 12.1 Å². The summed E-state index contributed by atoms with van der Waals surface area (Å²) in [6, 6.07) is 4.89. The number of rotatable bonds is 9. The van der Waals surface area contributed by atoms with Gasteiger partial charge in [-0.2, -0.15) is 13.2 Å². The molecule has 16 heteroatoms. The number of sulfonamides is 1. The van der Waals surface area contributed by atoms with Gasteiger partial charge in [-0.15, -0.1) is 0 Å². The van der Waals surface area contributed by atoms with Gasteiger partial charge in [-0.1, -0.05) is 0 Å². The zero-order valence-corrected chi connectivity index (χ0v) is 20.8. The van der Waals surface area contributed by atoms with Crippen molar-refractivity contribution in [2.24, 2.45) is 0 Å². The van der Waals surface area contributed by atoms with Crippen molar-refractivity contribution in [2.45, 2.75) is 6.18 Å². The third kappa shape index (κ3) is 11.1. The van der Waals surface area contributed by atoms with Gasteiger partial charge in [-0.3, -0.25) is 14.3 Å². The van der Waals surface area contributed by atoms with Gasteiger partial charge in [0.05, 0.1) is 30.8 Å². The molecular weight excluding hydrogens is 511 g/mol. The van der Waals surface area contributed by atoms with Gasteiger partial charge < -0.3 is 30.3 Å². The maximum absolute atomic E-state index is 12.7. The van der Waals surface area contributed by atoms with Gasteiger partial charge in [0, 0.05) is 52.4 Å². The molecule has 1 fully saturated rings. The van der Waals surface area contributed by atoms with E-state index in [1.807, 2.05) is 0 Å². The lowest BCUT2D eigenvalue weighted by Gasteiger charge is -2.31. The van der Waals surface area contributed by atoms with E-state index in [2.05, 4.69) is 20.3 Å². The minimum Gasteiger partial charge on any atom is -0.475 e. The number of aliphatic carboxylic acids is 1. The molecule has 0 unspecified atom stereocenters. The first-order chi connectivity index (χ1) is 16.7. The number of carbonyl (C=O) groups is 3. The maximum atomic E-state index is 12.7. The first kappa shape index (κ1) is 30.9. The molecule has 1 aliphatic rings. The molecule has 2 amide bonds. The Morgan fingerprint density at radius 3 is 2.31 bits per heavy atom. The highest BCUT2D eigenvalue weighted by Crippen LogP contribution is 2.29. The fourth-order valence-electron chi connectivity index (χ4n) is 2.99. The molecule has 0 radical (unpaired) electrons. The number of nitrogens with zero attached hydrogens (tertiary/aromatic N) is 2. The summed E-state index contributed by atoms with van der Waals surface area (Å²) in [5.41, 5.74) is 1.36. The van der Waals surface area contributed by atoms with Crippen molar-refractivity contribution in [3.8, 4) is 0 Å². The van der Waals surface area contributed by atoms with E-state index in [4.69, 9.17) is 14.6 Å². The zero-order valence-electron chi connectivity index (χ0n) is 20.0. The summed E-state index contributed by atoms with van der Waals surface area (Å²) in [4.78, 5) is 36.9. The molecule has 1 saturated heterocycles. The van der Waals surface area contributed by atoms with Crippen LogP contribution in [0.2, 0.25) is 0 Å². The topological polar surface area (TPSA) is 157 Å². The van der Waals surface area contributed by atoms with Gasteiger partial charge in [0.2, 0.25) is 15.9 Å².